The Kier molecular flexibility index (Phi) is 4.33. The molecule has 1 N–H and O–H groups in total. The van der Waals surface area contributed by atoms with Crippen LogP contribution in [-0.2, 0) is 9.59 Å². The van der Waals surface area contributed by atoms with Crippen LogP contribution in [0.15, 0.2) is 18.2 Å². The standard InChI is InChI=1S/C15H18ClNO3/c1-9-3-10(2)5-12(4-9)14(15(19)20)17-8-11(7-16)6-13(17)18/h3-5,11,14H,6-8H2,1-2H3,(H,19,20). The average Bonchev–Trinajstić information content (AvgIpc) is 2.69. The highest BCUT2D eigenvalue weighted by Gasteiger charge is 2.38. The minimum atomic E-state index is -1.00. The van der Waals surface area contributed by atoms with Gasteiger partial charge in [-0.1, -0.05) is 29.3 Å². The van der Waals surface area contributed by atoms with Gasteiger partial charge in [0, 0.05) is 18.8 Å². The van der Waals surface area contributed by atoms with E-state index in [0.29, 0.717) is 24.4 Å². The van der Waals surface area contributed by atoms with Crippen molar-refractivity contribution in [1.29, 1.82) is 0 Å². The molecule has 0 radical (unpaired) electrons. The van der Waals surface area contributed by atoms with Gasteiger partial charge in [0.1, 0.15) is 0 Å². The minimum Gasteiger partial charge on any atom is -0.479 e. The maximum Gasteiger partial charge on any atom is 0.331 e. The number of hydrogen-bond acceptors (Lipinski definition) is 2. The summed E-state index contributed by atoms with van der Waals surface area (Å²) < 4.78 is 0. The number of rotatable bonds is 4. The van der Waals surface area contributed by atoms with Gasteiger partial charge >= 0.3 is 5.97 Å². The second kappa shape index (κ2) is 5.83. The quantitative estimate of drug-likeness (QED) is 0.868. The van der Waals surface area contributed by atoms with Crippen LogP contribution >= 0.6 is 11.6 Å². The maximum atomic E-state index is 12.0. The first kappa shape index (κ1) is 14.9. The number of nitrogens with zero attached hydrogens (tertiary/aromatic N) is 1. The first-order valence-corrected chi connectivity index (χ1v) is 7.12. The summed E-state index contributed by atoms with van der Waals surface area (Å²) in [6, 6.07) is 4.71. The summed E-state index contributed by atoms with van der Waals surface area (Å²) in [6.45, 7) is 4.25. The Labute approximate surface area is 123 Å². The molecule has 1 amide bonds. The van der Waals surface area contributed by atoms with E-state index in [1.807, 2.05) is 32.0 Å². The number of carboxylic acids is 1. The lowest BCUT2D eigenvalue weighted by molar-refractivity contribution is -0.148. The lowest BCUT2D eigenvalue weighted by Gasteiger charge is -2.25. The fraction of sp³-hybridized carbons (Fsp3) is 0.467. The molecule has 1 aliphatic rings. The zero-order chi connectivity index (χ0) is 14.9. The van der Waals surface area contributed by atoms with Crippen molar-refractivity contribution < 1.29 is 14.7 Å². The summed E-state index contributed by atoms with van der Waals surface area (Å²) in [5.41, 5.74) is 2.64. The van der Waals surface area contributed by atoms with Crippen molar-refractivity contribution in [2.45, 2.75) is 26.3 Å². The first-order chi connectivity index (χ1) is 9.42. The van der Waals surface area contributed by atoms with Crippen LogP contribution in [0.4, 0.5) is 0 Å². The van der Waals surface area contributed by atoms with Crippen LogP contribution in [0.5, 0.6) is 0 Å². The third-order valence-corrected chi connectivity index (χ3v) is 4.00. The SMILES string of the molecule is Cc1cc(C)cc(C(C(=O)O)N2CC(CCl)CC2=O)c1. The number of alkyl halides is 1. The number of halogens is 1. The topological polar surface area (TPSA) is 57.6 Å². The van der Waals surface area contributed by atoms with Crippen LogP contribution < -0.4 is 0 Å². The second-order valence-electron chi connectivity index (χ2n) is 5.43. The van der Waals surface area contributed by atoms with Gasteiger partial charge < -0.3 is 10.0 Å². The molecule has 1 aromatic carbocycles. The van der Waals surface area contributed by atoms with Gasteiger partial charge in [0.15, 0.2) is 6.04 Å². The number of carboxylic acid groups (broad SMARTS) is 1. The lowest BCUT2D eigenvalue weighted by atomic mass is 10.0. The Morgan fingerprint density at radius 3 is 2.45 bits per heavy atom. The van der Waals surface area contributed by atoms with Crippen molar-refractivity contribution in [3.05, 3.63) is 34.9 Å². The summed E-state index contributed by atoms with van der Waals surface area (Å²) in [6.07, 6.45) is 0.331. The number of carbonyl (C=O) groups is 2. The summed E-state index contributed by atoms with van der Waals surface area (Å²) in [5, 5.41) is 9.52. The molecule has 20 heavy (non-hydrogen) atoms. The average molecular weight is 296 g/mol. The predicted octanol–water partition coefficient (Wildman–Crippen LogP) is 2.52. The van der Waals surface area contributed by atoms with Gasteiger partial charge in [0.05, 0.1) is 0 Å². The number of likely N-dealkylation sites (tertiary alicyclic amines) is 1. The molecule has 0 bridgehead atoms. The molecule has 0 aromatic heterocycles. The van der Waals surface area contributed by atoms with E-state index in [1.165, 1.54) is 4.90 Å². The van der Waals surface area contributed by atoms with E-state index >= 15 is 0 Å². The molecule has 0 aliphatic carbocycles. The van der Waals surface area contributed by atoms with Gasteiger partial charge in [-0.15, -0.1) is 11.6 Å². The zero-order valence-corrected chi connectivity index (χ0v) is 12.4. The molecule has 1 fully saturated rings. The van der Waals surface area contributed by atoms with Crippen molar-refractivity contribution in [3.8, 4) is 0 Å². The van der Waals surface area contributed by atoms with Crippen LogP contribution in [0.2, 0.25) is 0 Å². The summed E-state index contributed by atoms with van der Waals surface area (Å²) in [5.74, 6) is -0.723. The summed E-state index contributed by atoms with van der Waals surface area (Å²) in [4.78, 5) is 25.1. The fourth-order valence-electron chi connectivity index (χ4n) is 2.79. The molecule has 2 atom stereocenters. The van der Waals surface area contributed by atoms with Crippen molar-refractivity contribution in [2.75, 3.05) is 12.4 Å². The Balaban J connectivity index is 2.37. The summed E-state index contributed by atoms with van der Waals surface area (Å²) in [7, 11) is 0. The van der Waals surface area contributed by atoms with E-state index in [1.54, 1.807) is 0 Å². The van der Waals surface area contributed by atoms with E-state index in [0.717, 1.165) is 11.1 Å². The predicted molar refractivity (Wildman–Crippen MR) is 76.8 cm³/mol. The van der Waals surface area contributed by atoms with E-state index in [2.05, 4.69) is 0 Å². The number of hydrogen-bond donors (Lipinski definition) is 1. The van der Waals surface area contributed by atoms with Crippen LogP contribution in [-0.4, -0.2) is 34.3 Å². The highest BCUT2D eigenvalue weighted by molar-refractivity contribution is 6.18. The second-order valence-corrected chi connectivity index (χ2v) is 5.74. The molecule has 2 unspecified atom stereocenters. The molecule has 5 heteroatoms. The monoisotopic (exact) mass is 295 g/mol. The maximum absolute atomic E-state index is 12.0. The van der Waals surface area contributed by atoms with Crippen molar-refractivity contribution in [3.63, 3.8) is 0 Å². The summed E-state index contributed by atoms with van der Waals surface area (Å²) >= 11 is 5.79. The normalized spacial score (nSPS) is 20.2. The first-order valence-electron chi connectivity index (χ1n) is 6.58. The number of aryl methyl sites for hydroxylation is 2. The molecule has 0 spiro atoms. The zero-order valence-electron chi connectivity index (χ0n) is 11.6. The molecular weight excluding hydrogens is 278 g/mol. The molecule has 0 saturated carbocycles. The highest BCUT2D eigenvalue weighted by Crippen LogP contribution is 2.30. The number of aliphatic carboxylic acids is 1. The smallest absolute Gasteiger partial charge is 0.331 e. The van der Waals surface area contributed by atoms with Crippen LogP contribution in [0.25, 0.3) is 0 Å². The highest BCUT2D eigenvalue weighted by atomic mass is 35.5. The number of carbonyl (C=O) groups excluding carboxylic acids is 1. The van der Waals surface area contributed by atoms with Gasteiger partial charge in [-0.3, -0.25) is 4.79 Å². The van der Waals surface area contributed by atoms with Gasteiger partial charge in [-0.25, -0.2) is 4.79 Å². The molecule has 1 heterocycles. The fourth-order valence-corrected chi connectivity index (χ4v) is 2.99. The Hall–Kier alpha value is -1.55. The van der Waals surface area contributed by atoms with Crippen LogP contribution in [0, 0.1) is 19.8 Å². The van der Waals surface area contributed by atoms with Gasteiger partial charge in [0.2, 0.25) is 5.91 Å². The number of benzene rings is 1. The molecule has 1 aliphatic heterocycles. The molecule has 2 rings (SSSR count). The van der Waals surface area contributed by atoms with Crippen LogP contribution in [0.3, 0.4) is 0 Å². The molecular formula is C15H18ClNO3. The van der Waals surface area contributed by atoms with Gasteiger partial charge in [0.25, 0.3) is 0 Å². The van der Waals surface area contributed by atoms with E-state index < -0.39 is 12.0 Å². The largest absolute Gasteiger partial charge is 0.479 e. The van der Waals surface area contributed by atoms with E-state index in [-0.39, 0.29) is 11.8 Å². The van der Waals surface area contributed by atoms with E-state index in [4.69, 9.17) is 11.6 Å². The molecule has 1 saturated heterocycles. The third-order valence-electron chi connectivity index (χ3n) is 3.56. The van der Waals surface area contributed by atoms with Gasteiger partial charge in [-0.2, -0.15) is 0 Å². The van der Waals surface area contributed by atoms with Crippen molar-refractivity contribution in [1.82, 2.24) is 4.90 Å². The van der Waals surface area contributed by atoms with Gasteiger partial charge in [-0.05, 0) is 25.3 Å². The Bertz CT molecular complexity index is 524. The minimum absolute atomic E-state index is 0.0388. The molecule has 1 aromatic rings. The van der Waals surface area contributed by atoms with E-state index in [9.17, 15) is 14.7 Å². The van der Waals surface area contributed by atoms with Crippen molar-refractivity contribution in [2.24, 2.45) is 5.92 Å². The molecule has 108 valence electrons. The number of amides is 1. The van der Waals surface area contributed by atoms with Crippen molar-refractivity contribution >= 4 is 23.5 Å². The third kappa shape index (κ3) is 2.96. The Morgan fingerprint density at radius 2 is 2.00 bits per heavy atom. The molecule has 4 nitrogen and oxygen atoms in total. The lowest BCUT2D eigenvalue weighted by Crippen LogP contribution is -2.35. The van der Waals surface area contributed by atoms with Crippen LogP contribution in [0.1, 0.15) is 29.2 Å². The Morgan fingerprint density at radius 1 is 1.40 bits per heavy atom.